The van der Waals surface area contributed by atoms with Crippen LogP contribution in [0.1, 0.15) is 15.9 Å². The van der Waals surface area contributed by atoms with Crippen molar-refractivity contribution in [2.75, 3.05) is 0 Å². The molecule has 0 unspecified atom stereocenters. The van der Waals surface area contributed by atoms with Crippen LogP contribution in [0.5, 0.6) is 0 Å². The van der Waals surface area contributed by atoms with E-state index in [1.807, 2.05) is 0 Å². The Morgan fingerprint density at radius 1 is 1.25 bits per heavy atom. The summed E-state index contributed by atoms with van der Waals surface area (Å²) in [5.41, 5.74) is 0.914. The fraction of sp³-hybridized carbons (Fsp3) is 0.0833. The lowest BCUT2D eigenvalue weighted by atomic mass is 10.2. The number of nitrogens with zero attached hydrogens (tertiary/aromatic N) is 1. The smallest absolute Gasteiger partial charge is 0.151 e. The highest BCUT2D eigenvalue weighted by Gasteiger charge is 2.04. The summed E-state index contributed by atoms with van der Waals surface area (Å²) in [5, 5.41) is 0. The highest BCUT2D eigenvalue weighted by molar-refractivity contribution is 5.74. The summed E-state index contributed by atoms with van der Waals surface area (Å²) < 4.78 is 27.6. The van der Waals surface area contributed by atoms with Crippen molar-refractivity contribution in [1.29, 1.82) is 0 Å². The van der Waals surface area contributed by atoms with Crippen molar-refractivity contribution in [2.45, 2.75) is 6.54 Å². The first kappa shape index (κ1) is 10.5. The molecule has 0 bridgehead atoms. The largest absolute Gasteiger partial charge is 0.349 e. The van der Waals surface area contributed by atoms with Gasteiger partial charge in [-0.3, -0.25) is 4.79 Å². The van der Waals surface area contributed by atoms with E-state index in [1.54, 1.807) is 23.0 Å². The van der Waals surface area contributed by atoms with Crippen molar-refractivity contribution in [3.63, 3.8) is 0 Å². The zero-order chi connectivity index (χ0) is 11.5. The van der Waals surface area contributed by atoms with Gasteiger partial charge in [-0.15, -0.1) is 0 Å². The normalized spacial score (nSPS) is 10.4. The first-order chi connectivity index (χ1) is 7.69. The van der Waals surface area contributed by atoms with Crippen molar-refractivity contribution in [3.05, 3.63) is 59.4 Å². The lowest BCUT2D eigenvalue weighted by Crippen LogP contribution is -1.99. The maximum absolute atomic E-state index is 13.3. The third-order valence-electron chi connectivity index (χ3n) is 2.28. The Morgan fingerprint density at radius 2 is 2.06 bits per heavy atom. The average Bonchev–Trinajstić information content (AvgIpc) is 2.70. The molecule has 0 amide bonds. The zero-order valence-corrected chi connectivity index (χ0v) is 8.36. The van der Waals surface area contributed by atoms with Crippen LogP contribution < -0.4 is 0 Å². The number of halogens is 2. The molecule has 0 radical (unpaired) electrons. The number of rotatable bonds is 3. The van der Waals surface area contributed by atoms with Gasteiger partial charge >= 0.3 is 0 Å². The standard InChI is InChI=1S/C12H9F2NO/c13-11-2-1-10(12(14)5-11)7-15-4-3-9(6-15)8-16/h1-6,8H,7H2. The van der Waals surface area contributed by atoms with E-state index in [4.69, 9.17) is 0 Å². The molecule has 0 fully saturated rings. The number of hydrogen-bond acceptors (Lipinski definition) is 1. The minimum Gasteiger partial charge on any atom is -0.349 e. The van der Waals surface area contributed by atoms with Crippen molar-refractivity contribution < 1.29 is 13.6 Å². The van der Waals surface area contributed by atoms with Gasteiger partial charge in [-0.05, 0) is 12.1 Å². The molecule has 0 atom stereocenters. The van der Waals surface area contributed by atoms with Gasteiger partial charge in [0.15, 0.2) is 6.29 Å². The van der Waals surface area contributed by atoms with Crippen LogP contribution in [0.4, 0.5) is 8.78 Å². The second-order valence-electron chi connectivity index (χ2n) is 3.47. The van der Waals surface area contributed by atoms with Gasteiger partial charge in [0, 0.05) is 36.1 Å². The Kier molecular flexibility index (Phi) is 2.81. The molecule has 2 aromatic rings. The van der Waals surface area contributed by atoms with Crippen LogP contribution in [0.2, 0.25) is 0 Å². The predicted octanol–water partition coefficient (Wildman–Crippen LogP) is 2.63. The Hall–Kier alpha value is -1.97. The first-order valence-electron chi connectivity index (χ1n) is 4.74. The summed E-state index contributed by atoms with van der Waals surface area (Å²) >= 11 is 0. The molecule has 2 nitrogen and oxygen atoms in total. The van der Waals surface area contributed by atoms with Gasteiger partial charge in [0.1, 0.15) is 11.6 Å². The minimum absolute atomic E-state index is 0.278. The summed E-state index contributed by atoms with van der Waals surface area (Å²) in [7, 11) is 0. The lowest BCUT2D eigenvalue weighted by Gasteiger charge is -2.04. The molecular weight excluding hydrogens is 212 g/mol. The molecule has 1 aromatic carbocycles. The van der Waals surface area contributed by atoms with E-state index >= 15 is 0 Å². The lowest BCUT2D eigenvalue weighted by molar-refractivity contribution is 0.112. The Labute approximate surface area is 91.1 Å². The van der Waals surface area contributed by atoms with Gasteiger partial charge in [0.05, 0.1) is 0 Å². The van der Waals surface area contributed by atoms with Gasteiger partial charge in [-0.2, -0.15) is 0 Å². The number of benzene rings is 1. The van der Waals surface area contributed by atoms with E-state index in [1.165, 1.54) is 12.1 Å². The Bertz CT molecular complexity index is 519. The molecule has 1 aromatic heterocycles. The van der Waals surface area contributed by atoms with Crippen LogP contribution in [-0.4, -0.2) is 10.9 Å². The molecule has 0 saturated heterocycles. The average molecular weight is 221 g/mol. The second-order valence-corrected chi connectivity index (χ2v) is 3.47. The SMILES string of the molecule is O=Cc1ccn(Cc2ccc(F)cc2F)c1. The van der Waals surface area contributed by atoms with E-state index in [-0.39, 0.29) is 6.54 Å². The van der Waals surface area contributed by atoms with Crippen LogP contribution in [-0.2, 0) is 6.54 Å². The van der Waals surface area contributed by atoms with E-state index in [9.17, 15) is 13.6 Å². The van der Waals surface area contributed by atoms with Crippen LogP contribution in [0, 0.1) is 11.6 Å². The first-order valence-corrected chi connectivity index (χ1v) is 4.74. The van der Waals surface area contributed by atoms with Crippen molar-refractivity contribution in [1.82, 2.24) is 4.57 Å². The molecule has 0 saturated carbocycles. The predicted molar refractivity (Wildman–Crippen MR) is 55.3 cm³/mol. The molecule has 2 rings (SSSR count). The van der Waals surface area contributed by atoms with Crippen LogP contribution in [0.15, 0.2) is 36.7 Å². The highest BCUT2D eigenvalue weighted by atomic mass is 19.1. The maximum atomic E-state index is 13.3. The zero-order valence-electron chi connectivity index (χ0n) is 8.36. The molecule has 0 aliphatic heterocycles. The number of hydrogen-bond donors (Lipinski definition) is 0. The second kappa shape index (κ2) is 4.26. The molecule has 4 heteroatoms. The molecular formula is C12H9F2NO. The molecule has 0 spiro atoms. The Morgan fingerprint density at radius 3 is 2.69 bits per heavy atom. The summed E-state index contributed by atoms with van der Waals surface area (Å²) in [6.07, 6.45) is 4.00. The molecule has 0 aliphatic carbocycles. The van der Waals surface area contributed by atoms with Gasteiger partial charge in [-0.25, -0.2) is 8.78 Å². The summed E-state index contributed by atoms with van der Waals surface area (Å²) in [6, 6.07) is 5.09. The third kappa shape index (κ3) is 2.16. The van der Waals surface area contributed by atoms with Gasteiger partial charge < -0.3 is 4.57 Å². The number of carbonyl (C=O) groups is 1. The van der Waals surface area contributed by atoms with E-state index in [0.29, 0.717) is 11.1 Å². The summed E-state index contributed by atoms with van der Waals surface area (Å²) in [6.45, 7) is 0.278. The number of aromatic nitrogens is 1. The fourth-order valence-corrected chi connectivity index (χ4v) is 1.47. The molecule has 0 N–H and O–H groups in total. The molecule has 82 valence electrons. The monoisotopic (exact) mass is 221 g/mol. The molecule has 16 heavy (non-hydrogen) atoms. The van der Waals surface area contributed by atoms with E-state index < -0.39 is 11.6 Å². The number of carbonyl (C=O) groups excluding carboxylic acids is 1. The Balaban J connectivity index is 2.23. The van der Waals surface area contributed by atoms with E-state index in [2.05, 4.69) is 0 Å². The summed E-state index contributed by atoms with van der Waals surface area (Å²) in [4.78, 5) is 10.4. The van der Waals surface area contributed by atoms with Gasteiger partial charge in [-0.1, -0.05) is 6.07 Å². The van der Waals surface area contributed by atoms with Crippen molar-refractivity contribution in [2.24, 2.45) is 0 Å². The van der Waals surface area contributed by atoms with Crippen molar-refractivity contribution in [3.8, 4) is 0 Å². The van der Waals surface area contributed by atoms with Crippen LogP contribution in [0.25, 0.3) is 0 Å². The molecule has 1 heterocycles. The summed E-state index contributed by atoms with van der Waals surface area (Å²) in [5.74, 6) is -1.18. The maximum Gasteiger partial charge on any atom is 0.151 e. The van der Waals surface area contributed by atoms with Gasteiger partial charge in [0.2, 0.25) is 0 Å². The van der Waals surface area contributed by atoms with Crippen molar-refractivity contribution >= 4 is 6.29 Å². The van der Waals surface area contributed by atoms with E-state index in [0.717, 1.165) is 12.4 Å². The van der Waals surface area contributed by atoms with Crippen LogP contribution >= 0.6 is 0 Å². The van der Waals surface area contributed by atoms with Gasteiger partial charge in [0.25, 0.3) is 0 Å². The fourth-order valence-electron chi connectivity index (χ4n) is 1.47. The number of aldehydes is 1. The highest BCUT2D eigenvalue weighted by Crippen LogP contribution is 2.11. The topological polar surface area (TPSA) is 22.0 Å². The quantitative estimate of drug-likeness (QED) is 0.730. The van der Waals surface area contributed by atoms with Crippen LogP contribution in [0.3, 0.4) is 0 Å². The third-order valence-corrected chi connectivity index (χ3v) is 2.28. The minimum atomic E-state index is -0.595. The molecule has 0 aliphatic rings.